The van der Waals surface area contributed by atoms with Gasteiger partial charge in [0.2, 0.25) is 5.91 Å². The summed E-state index contributed by atoms with van der Waals surface area (Å²) in [6.45, 7) is 6.95. The molecule has 1 N–H and O–H groups in total. The van der Waals surface area contributed by atoms with Gasteiger partial charge < -0.3 is 14.6 Å². The Morgan fingerprint density at radius 3 is 2.69 bits per heavy atom. The first-order valence-electron chi connectivity index (χ1n) is 10.0. The normalized spacial score (nSPS) is 13.8. The van der Waals surface area contributed by atoms with Gasteiger partial charge in [-0.05, 0) is 38.2 Å². The molecule has 9 heteroatoms. The largest absolute Gasteiger partial charge is 0.465 e. The fraction of sp³-hybridized carbons (Fsp3) is 0.600. The number of thiophene rings is 1. The number of fused-ring (bicyclic) bond motifs is 1. The number of amides is 1. The van der Waals surface area contributed by atoms with Crippen molar-refractivity contribution < 1.29 is 14.3 Å². The van der Waals surface area contributed by atoms with E-state index in [1.54, 1.807) is 0 Å². The highest BCUT2D eigenvalue weighted by molar-refractivity contribution is 7.99. The van der Waals surface area contributed by atoms with Gasteiger partial charge in [0.25, 0.3) is 0 Å². The lowest BCUT2D eigenvalue weighted by Gasteiger charge is -2.09. The van der Waals surface area contributed by atoms with E-state index >= 15 is 0 Å². The molecule has 0 bridgehead atoms. The van der Waals surface area contributed by atoms with E-state index in [9.17, 15) is 9.59 Å². The number of aromatic nitrogens is 3. The number of carbonyl (C=O) groups is 2. The van der Waals surface area contributed by atoms with Crippen LogP contribution in [0.15, 0.2) is 5.16 Å². The lowest BCUT2D eigenvalue weighted by Crippen LogP contribution is -2.17. The monoisotopic (exact) mass is 436 g/mol. The molecule has 0 atom stereocenters. The number of thioether (sulfide) groups is 1. The molecule has 158 valence electrons. The van der Waals surface area contributed by atoms with Gasteiger partial charge >= 0.3 is 5.97 Å². The van der Waals surface area contributed by atoms with Crippen LogP contribution in [0, 0.1) is 0 Å². The van der Waals surface area contributed by atoms with Crippen LogP contribution in [0.25, 0.3) is 0 Å². The second-order valence-electron chi connectivity index (χ2n) is 7.34. The van der Waals surface area contributed by atoms with E-state index in [0.717, 1.165) is 55.2 Å². The average molecular weight is 437 g/mol. The maximum absolute atomic E-state index is 12.6. The highest BCUT2D eigenvalue weighted by Gasteiger charge is 2.26. The number of ether oxygens (including phenoxy) is 1. The van der Waals surface area contributed by atoms with Gasteiger partial charge in [0.1, 0.15) is 10.8 Å². The Morgan fingerprint density at radius 1 is 1.24 bits per heavy atom. The Hall–Kier alpha value is -1.87. The van der Waals surface area contributed by atoms with Crippen molar-refractivity contribution in [3.8, 4) is 0 Å². The third kappa shape index (κ3) is 4.83. The van der Waals surface area contributed by atoms with Crippen molar-refractivity contribution in [1.29, 1.82) is 0 Å². The summed E-state index contributed by atoms with van der Waals surface area (Å²) in [6.07, 6.45) is 5.14. The molecule has 1 aliphatic carbocycles. The standard InChI is InChI=1S/C20H28N4O3S2/c1-5-24-17(12(2)3)22-23-20(24)28-11-15(25)21-18-16(19(26)27-4)13-9-7-6-8-10-14(13)29-18/h12H,5-11H2,1-4H3,(H,21,25). The SMILES string of the molecule is CCn1c(SCC(=O)Nc2sc3c(c2C(=O)OC)CCCCC3)nnc1C(C)C. The molecule has 0 unspecified atom stereocenters. The zero-order valence-corrected chi connectivity index (χ0v) is 19.0. The van der Waals surface area contributed by atoms with E-state index in [4.69, 9.17) is 4.74 Å². The van der Waals surface area contributed by atoms with Crippen molar-refractivity contribution >= 4 is 40.0 Å². The van der Waals surface area contributed by atoms with E-state index in [2.05, 4.69) is 29.4 Å². The quantitative estimate of drug-likeness (QED) is 0.396. The predicted molar refractivity (Wildman–Crippen MR) is 116 cm³/mol. The first-order valence-corrected chi connectivity index (χ1v) is 11.8. The number of esters is 1. The lowest BCUT2D eigenvalue weighted by atomic mass is 10.1. The van der Waals surface area contributed by atoms with Crippen molar-refractivity contribution in [2.45, 2.75) is 70.5 Å². The number of carbonyl (C=O) groups excluding carboxylic acids is 2. The second-order valence-corrected chi connectivity index (χ2v) is 9.38. The minimum Gasteiger partial charge on any atom is -0.465 e. The molecule has 0 saturated heterocycles. The van der Waals surface area contributed by atoms with E-state index in [1.165, 1.54) is 35.1 Å². The summed E-state index contributed by atoms with van der Waals surface area (Å²) in [5.74, 6) is 0.868. The highest BCUT2D eigenvalue weighted by atomic mass is 32.2. The lowest BCUT2D eigenvalue weighted by molar-refractivity contribution is -0.113. The topological polar surface area (TPSA) is 86.1 Å². The summed E-state index contributed by atoms with van der Waals surface area (Å²) in [5.41, 5.74) is 1.58. The van der Waals surface area contributed by atoms with Crippen LogP contribution < -0.4 is 5.32 Å². The van der Waals surface area contributed by atoms with Crippen LogP contribution >= 0.6 is 23.1 Å². The Morgan fingerprint density at radius 2 is 2.00 bits per heavy atom. The van der Waals surface area contributed by atoms with Crippen LogP contribution in [0.4, 0.5) is 5.00 Å². The van der Waals surface area contributed by atoms with Crippen LogP contribution in [-0.4, -0.2) is 39.5 Å². The van der Waals surface area contributed by atoms with Crippen LogP contribution in [0.2, 0.25) is 0 Å². The fourth-order valence-electron chi connectivity index (χ4n) is 3.57. The first-order chi connectivity index (χ1) is 14.0. The molecule has 2 aromatic rings. The summed E-state index contributed by atoms with van der Waals surface area (Å²) in [7, 11) is 1.38. The maximum Gasteiger partial charge on any atom is 0.341 e. The smallest absolute Gasteiger partial charge is 0.341 e. The number of hydrogen-bond donors (Lipinski definition) is 1. The molecule has 0 aromatic carbocycles. The number of anilines is 1. The number of nitrogens with zero attached hydrogens (tertiary/aromatic N) is 3. The summed E-state index contributed by atoms with van der Waals surface area (Å²) >= 11 is 2.87. The Balaban J connectivity index is 1.73. The molecule has 0 saturated carbocycles. The van der Waals surface area contributed by atoms with E-state index in [0.29, 0.717) is 10.6 Å². The van der Waals surface area contributed by atoms with Gasteiger partial charge in [-0.15, -0.1) is 21.5 Å². The number of methoxy groups -OCH3 is 1. The van der Waals surface area contributed by atoms with E-state index < -0.39 is 0 Å². The Labute approximate surface area is 179 Å². The molecule has 1 aliphatic rings. The van der Waals surface area contributed by atoms with E-state index in [1.807, 2.05) is 11.5 Å². The number of hydrogen-bond acceptors (Lipinski definition) is 7. The molecule has 7 nitrogen and oxygen atoms in total. The van der Waals surface area contributed by atoms with Crippen LogP contribution in [0.3, 0.4) is 0 Å². The molecule has 0 spiro atoms. The van der Waals surface area contributed by atoms with Gasteiger partial charge in [0.05, 0.1) is 18.4 Å². The van der Waals surface area contributed by atoms with Crippen molar-refractivity contribution in [3.05, 3.63) is 21.8 Å². The minimum absolute atomic E-state index is 0.159. The Bertz CT molecular complexity index is 889. The summed E-state index contributed by atoms with van der Waals surface area (Å²) in [5, 5.41) is 12.8. The molecule has 29 heavy (non-hydrogen) atoms. The molecule has 0 aliphatic heterocycles. The molecule has 0 radical (unpaired) electrons. The Kier molecular flexibility index (Phi) is 7.34. The van der Waals surface area contributed by atoms with Crippen molar-refractivity contribution in [1.82, 2.24) is 14.8 Å². The minimum atomic E-state index is -0.375. The summed E-state index contributed by atoms with van der Waals surface area (Å²) < 4.78 is 7.04. The molecule has 2 heterocycles. The van der Waals surface area contributed by atoms with Crippen LogP contribution in [0.1, 0.15) is 72.6 Å². The molecule has 2 aromatic heterocycles. The van der Waals surface area contributed by atoms with E-state index in [-0.39, 0.29) is 23.5 Å². The third-order valence-electron chi connectivity index (χ3n) is 4.97. The molecular formula is C20H28N4O3S2. The maximum atomic E-state index is 12.6. The first kappa shape index (κ1) is 21.8. The second kappa shape index (κ2) is 9.75. The zero-order valence-electron chi connectivity index (χ0n) is 17.4. The van der Waals surface area contributed by atoms with Gasteiger partial charge in [-0.2, -0.15) is 0 Å². The fourth-order valence-corrected chi connectivity index (χ4v) is 5.68. The zero-order chi connectivity index (χ0) is 21.0. The third-order valence-corrected chi connectivity index (χ3v) is 7.15. The number of nitrogens with one attached hydrogen (secondary N) is 1. The average Bonchev–Trinajstić information content (AvgIpc) is 3.19. The summed E-state index contributed by atoms with van der Waals surface area (Å²) in [6, 6.07) is 0. The number of aryl methyl sites for hydroxylation is 1. The van der Waals surface area contributed by atoms with Gasteiger partial charge in [-0.25, -0.2) is 4.79 Å². The van der Waals surface area contributed by atoms with Gasteiger partial charge in [0.15, 0.2) is 5.16 Å². The summed E-state index contributed by atoms with van der Waals surface area (Å²) in [4.78, 5) is 26.2. The van der Waals surface area contributed by atoms with Crippen LogP contribution in [0.5, 0.6) is 0 Å². The van der Waals surface area contributed by atoms with Crippen LogP contribution in [-0.2, 0) is 28.9 Å². The van der Waals surface area contributed by atoms with Gasteiger partial charge in [-0.1, -0.05) is 32.0 Å². The number of rotatable bonds is 7. The van der Waals surface area contributed by atoms with Crippen molar-refractivity contribution in [2.24, 2.45) is 0 Å². The van der Waals surface area contributed by atoms with Gasteiger partial charge in [0, 0.05) is 17.3 Å². The molecule has 1 amide bonds. The molecular weight excluding hydrogens is 408 g/mol. The van der Waals surface area contributed by atoms with Crippen molar-refractivity contribution in [2.75, 3.05) is 18.2 Å². The highest BCUT2D eigenvalue weighted by Crippen LogP contribution is 2.38. The van der Waals surface area contributed by atoms with Gasteiger partial charge in [-0.3, -0.25) is 4.79 Å². The molecule has 0 fully saturated rings. The predicted octanol–water partition coefficient (Wildman–Crippen LogP) is 4.27. The molecule has 3 rings (SSSR count). The van der Waals surface area contributed by atoms with Crippen molar-refractivity contribution in [3.63, 3.8) is 0 Å².